The van der Waals surface area contributed by atoms with Crippen molar-refractivity contribution in [2.45, 2.75) is 115 Å². The minimum absolute atomic E-state index is 0.0940. The summed E-state index contributed by atoms with van der Waals surface area (Å²) in [6, 6.07) is 0. The molecule has 8 nitrogen and oxygen atoms in total. The van der Waals surface area contributed by atoms with Crippen LogP contribution in [0.15, 0.2) is 52.3 Å². The molecule has 0 saturated carbocycles. The molecule has 4 aliphatic heterocycles. The molecule has 0 radical (unpaired) electrons. The van der Waals surface area contributed by atoms with E-state index in [1.165, 1.54) is 5.57 Å². The number of ether oxygens (including phenoxy) is 4. The van der Waals surface area contributed by atoms with Gasteiger partial charge in [-0.1, -0.05) is 61.9 Å². The quantitative estimate of drug-likeness (QED) is 0.193. The number of carbonyl (C=O) groups is 1. The number of allylic oxidation sites excluding steroid dienone is 4. The minimum Gasteiger partial charge on any atom is -0.462 e. The van der Waals surface area contributed by atoms with Crippen molar-refractivity contribution in [2.24, 2.45) is 22.9 Å². The Balaban J connectivity index is 1.53. The van der Waals surface area contributed by atoms with E-state index in [0.717, 1.165) is 32.1 Å². The Kier molecular flexibility index (Phi) is 8.44. The second-order valence-corrected chi connectivity index (χ2v) is 12.6. The summed E-state index contributed by atoms with van der Waals surface area (Å²) in [6.45, 7) is 10.5. The third-order valence-electron chi connectivity index (χ3n) is 9.45. The van der Waals surface area contributed by atoms with Gasteiger partial charge in [-0.25, -0.2) is 0 Å². The molecule has 8 heteroatoms. The average Bonchev–Trinajstić information content (AvgIpc) is 3.24. The first kappa shape index (κ1) is 29.2. The summed E-state index contributed by atoms with van der Waals surface area (Å²) in [5.41, 5.74) is 0.922. The molecule has 3 saturated heterocycles. The predicted molar refractivity (Wildman–Crippen MR) is 151 cm³/mol. The van der Waals surface area contributed by atoms with Crippen molar-refractivity contribution >= 4 is 11.7 Å². The molecular weight excluding hydrogens is 510 g/mol. The molecule has 0 aromatic rings. The first-order chi connectivity index (χ1) is 19.1. The first-order valence-corrected chi connectivity index (χ1v) is 14.9. The number of rotatable bonds is 1. The molecule has 1 spiro atoms. The topological polar surface area (TPSA) is 107 Å². The smallest absolute Gasteiger partial charge is 0.316 e. The van der Waals surface area contributed by atoms with Crippen LogP contribution in [0.1, 0.15) is 79.6 Å². The maximum Gasteiger partial charge on any atom is 0.316 e. The molecule has 0 aromatic carbocycles. The average molecular weight is 556 g/mol. The maximum absolute atomic E-state index is 13.9. The van der Waals surface area contributed by atoms with Crippen LogP contribution in [0.3, 0.4) is 0 Å². The normalized spacial score (nSPS) is 43.5. The van der Waals surface area contributed by atoms with Crippen molar-refractivity contribution in [3.8, 4) is 0 Å². The Morgan fingerprint density at radius 2 is 1.98 bits per heavy atom. The van der Waals surface area contributed by atoms with Crippen LogP contribution in [0.4, 0.5) is 0 Å². The van der Waals surface area contributed by atoms with Crippen LogP contribution >= 0.6 is 0 Å². The fourth-order valence-corrected chi connectivity index (χ4v) is 7.22. The number of fused-ring (bicyclic) bond motifs is 2. The van der Waals surface area contributed by atoms with Crippen LogP contribution in [-0.4, -0.2) is 64.4 Å². The summed E-state index contributed by atoms with van der Waals surface area (Å²) in [6.07, 6.45) is 13.6. The first-order valence-electron chi connectivity index (χ1n) is 14.9. The number of carbonyl (C=O) groups excluding carboxylic acids is 1. The Morgan fingerprint density at radius 3 is 2.73 bits per heavy atom. The van der Waals surface area contributed by atoms with E-state index in [1.807, 2.05) is 12.2 Å². The highest BCUT2D eigenvalue weighted by molar-refractivity contribution is 6.06. The van der Waals surface area contributed by atoms with E-state index in [2.05, 4.69) is 45.0 Å². The zero-order valence-corrected chi connectivity index (χ0v) is 24.5. The van der Waals surface area contributed by atoms with Crippen LogP contribution in [0.25, 0.3) is 0 Å². The van der Waals surface area contributed by atoms with Gasteiger partial charge in [0.25, 0.3) is 0 Å². The van der Waals surface area contributed by atoms with E-state index < -0.39 is 35.5 Å². The molecule has 2 N–H and O–H groups in total. The third kappa shape index (κ3) is 5.48. The van der Waals surface area contributed by atoms with Crippen molar-refractivity contribution in [1.29, 1.82) is 0 Å². The van der Waals surface area contributed by atoms with Gasteiger partial charge < -0.3 is 29.3 Å². The van der Waals surface area contributed by atoms with Crippen LogP contribution in [0.2, 0.25) is 0 Å². The number of hydrogen-bond donors (Lipinski definition) is 2. The lowest BCUT2D eigenvalue weighted by Crippen LogP contribution is -2.57. The molecule has 5 rings (SSSR count). The van der Waals surface area contributed by atoms with E-state index in [4.69, 9.17) is 18.9 Å². The van der Waals surface area contributed by atoms with Crippen molar-refractivity contribution in [3.63, 3.8) is 0 Å². The molecule has 0 aromatic heterocycles. The van der Waals surface area contributed by atoms with Gasteiger partial charge in [0.15, 0.2) is 5.79 Å². The molecule has 5 aliphatic rings. The standard InChI is InChI=1S/C32H45NO7/c1-6-27-21(4)12-13-31(40-27)17-25-16-24(39-31)11-10-20(3)14-19(2)8-7-9-23-18-37-29-28(33-36)22(5)15-26(30(34)38-25)32(23,29)35/h7-10,15,19,21,24-27,29,35-36H,6,11-14,16-18H2,1-5H3/t19-,21+,24-,25-,26+,27+,29-,31-,32-/m1/s1. The Hall–Kier alpha value is -2.26. The van der Waals surface area contributed by atoms with Gasteiger partial charge in [-0.05, 0) is 62.5 Å². The second kappa shape index (κ2) is 11.6. The van der Waals surface area contributed by atoms with E-state index in [0.29, 0.717) is 29.9 Å². The molecule has 1 aliphatic carbocycles. The SMILES string of the molecule is CC[C@@H]1O[C@]2(CC[C@@H]1C)C[C@H]1C[C@@H](CC=C(C)C[C@H](C)C=CC=C3CO[C@@H]4C(=NO)C(C)=C[C@@H](C(=O)O1)[C@]34O)O2. The van der Waals surface area contributed by atoms with Crippen LogP contribution in [0.5, 0.6) is 0 Å². The highest BCUT2D eigenvalue weighted by Gasteiger charge is 2.59. The maximum atomic E-state index is 13.9. The second-order valence-electron chi connectivity index (χ2n) is 12.6. The molecule has 9 atom stereocenters. The van der Waals surface area contributed by atoms with Crippen molar-refractivity contribution in [1.82, 2.24) is 0 Å². The molecule has 2 bridgehead atoms. The summed E-state index contributed by atoms with van der Waals surface area (Å²) in [5, 5.41) is 25.3. The fourth-order valence-electron chi connectivity index (χ4n) is 7.22. The monoisotopic (exact) mass is 555 g/mol. The van der Waals surface area contributed by atoms with Gasteiger partial charge in [0, 0.05) is 19.3 Å². The van der Waals surface area contributed by atoms with E-state index >= 15 is 0 Å². The minimum atomic E-state index is -1.72. The third-order valence-corrected chi connectivity index (χ3v) is 9.45. The lowest BCUT2D eigenvalue weighted by molar-refractivity contribution is -0.335. The van der Waals surface area contributed by atoms with Crippen molar-refractivity contribution in [2.75, 3.05) is 6.61 Å². The summed E-state index contributed by atoms with van der Waals surface area (Å²) in [7, 11) is 0. The van der Waals surface area contributed by atoms with Crippen LogP contribution < -0.4 is 0 Å². The van der Waals surface area contributed by atoms with E-state index in [1.54, 1.807) is 13.0 Å². The fraction of sp³-hybridized carbons (Fsp3) is 0.688. The Morgan fingerprint density at radius 1 is 1.18 bits per heavy atom. The summed E-state index contributed by atoms with van der Waals surface area (Å²) >= 11 is 0. The van der Waals surface area contributed by atoms with Crippen molar-refractivity contribution < 1.29 is 34.1 Å². The zero-order valence-electron chi connectivity index (χ0n) is 24.5. The highest BCUT2D eigenvalue weighted by Crippen LogP contribution is 2.46. The lowest BCUT2D eigenvalue weighted by Gasteiger charge is -2.49. The molecule has 4 heterocycles. The van der Waals surface area contributed by atoms with Gasteiger partial charge in [0.1, 0.15) is 29.4 Å². The van der Waals surface area contributed by atoms with Crippen molar-refractivity contribution in [3.05, 3.63) is 47.1 Å². The number of oxime groups is 1. The van der Waals surface area contributed by atoms with Crippen LogP contribution in [0, 0.1) is 17.8 Å². The molecule has 220 valence electrons. The summed E-state index contributed by atoms with van der Waals surface area (Å²) < 4.78 is 25.5. The van der Waals surface area contributed by atoms with Crippen LogP contribution in [-0.2, 0) is 23.7 Å². The number of aliphatic hydroxyl groups is 1. The summed E-state index contributed by atoms with van der Waals surface area (Å²) in [5.74, 6) is -1.60. The molecule has 40 heavy (non-hydrogen) atoms. The highest BCUT2D eigenvalue weighted by atomic mass is 16.7. The number of nitrogens with zero attached hydrogens (tertiary/aromatic N) is 1. The number of esters is 1. The zero-order chi connectivity index (χ0) is 28.7. The number of hydrogen-bond acceptors (Lipinski definition) is 8. The van der Waals surface area contributed by atoms with Gasteiger partial charge in [0.05, 0.1) is 18.8 Å². The van der Waals surface area contributed by atoms with Gasteiger partial charge in [-0.15, -0.1) is 0 Å². The van der Waals surface area contributed by atoms with Gasteiger partial charge >= 0.3 is 5.97 Å². The Bertz CT molecular complexity index is 1140. The molecular formula is C32H45NO7. The molecule has 0 unspecified atom stereocenters. The predicted octanol–water partition coefficient (Wildman–Crippen LogP) is 5.39. The molecule has 0 amide bonds. The Labute approximate surface area is 237 Å². The lowest BCUT2D eigenvalue weighted by atomic mass is 9.71. The largest absolute Gasteiger partial charge is 0.462 e. The van der Waals surface area contributed by atoms with E-state index in [-0.39, 0.29) is 30.4 Å². The van der Waals surface area contributed by atoms with Gasteiger partial charge in [-0.3, -0.25) is 4.79 Å². The summed E-state index contributed by atoms with van der Waals surface area (Å²) in [4.78, 5) is 13.9. The van der Waals surface area contributed by atoms with E-state index in [9.17, 15) is 15.1 Å². The molecule has 3 fully saturated rings. The van der Waals surface area contributed by atoms with Gasteiger partial charge in [-0.2, -0.15) is 0 Å². The van der Waals surface area contributed by atoms with Gasteiger partial charge in [0.2, 0.25) is 0 Å².